The summed E-state index contributed by atoms with van der Waals surface area (Å²) in [6, 6.07) is 6.14. The molecular formula is C19H30N2O4. The molecule has 1 aromatic carbocycles. The normalized spacial score (nSPS) is 16.1. The summed E-state index contributed by atoms with van der Waals surface area (Å²) in [4.78, 5) is 11.7. The number of anilines is 1. The van der Waals surface area contributed by atoms with Crippen molar-refractivity contribution in [3.8, 4) is 5.75 Å². The third kappa shape index (κ3) is 6.82. The van der Waals surface area contributed by atoms with Gasteiger partial charge in [0.25, 0.3) is 0 Å². The highest BCUT2D eigenvalue weighted by molar-refractivity contribution is 5.67. The molecule has 0 saturated carbocycles. The third-order valence-electron chi connectivity index (χ3n) is 3.78. The molecule has 0 spiro atoms. The second-order valence-electron chi connectivity index (χ2n) is 7.28. The van der Waals surface area contributed by atoms with E-state index in [9.17, 15) is 4.79 Å². The van der Waals surface area contributed by atoms with E-state index in [2.05, 4.69) is 16.7 Å². The number of methoxy groups -OCH3 is 1. The van der Waals surface area contributed by atoms with Crippen LogP contribution in [0.3, 0.4) is 0 Å². The van der Waals surface area contributed by atoms with Gasteiger partial charge in [-0.1, -0.05) is 0 Å². The summed E-state index contributed by atoms with van der Waals surface area (Å²) in [5.41, 5.74) is 1.77. The van der Waals surface area contributed by atoms with Crippen molar-refractivity contribution in [2.24, 2.45) is 0 Å². The van der Waals surface area contributed by atoms with Gasteiger partial charge in [-0.15, -0.1) is 0 Å². The van der Waals surface area contributed by atoms with Crippen LogP contribution in [0.4, 0.5) is 10.5 Å². The van der Waals surface area contributed by atoms with Gasteiger partial charge in [-0.3, -0.25) is 0 Å². The number of ether oxygens (including phenoxy) is 3. The van der Waals surface area contributed by atoms with Crippen LogP contribution in [0.1, 0.15) is 39.2 Å². The number of hydrogen-bond acceptors (Lipinski definition) is 5. The molecule has 0 bridgehead atoms. The molecule has 6 heteroatoms. The number of alkyl carbamates (subject to hydrolysis) is 1. The average Bonchev–Trinajstić information content (AvgIpc) is 2.93. The highest BCUT2D eigenvalue weighted by Gasteiger charge is 2.24. The highest BCUT2D eigenvalue weighted by atomic mass is 16.6. The monoisotopic (exact) mass is 350 g/mol. The van der Waals surface area contributed by atoms with E-state index in [4.69, 9.17) is 14.2 Å². The molecule has 1 aliphatic rings. The fourth-order valence-corrected chi connectivity index (χ4v) is 2.66. The zero-order valence-electron chi connectivity index (χ0n) is 15.7. The van der Waals surface area contributed by atoms with Crippen molar-refractivity contribution in [1.29, 1.82) is 0 Å². The molecule has 0 saturated heterocycles. The van der Waals surface area contributed by atoms with Crippen LogP contribution in [-0.4, -0.2) is 44.6 Å². The lowest BCUT2D eigenvalue weighted by Gasteiger charge is -2.20. The number of carbonyl (C=O) groups is 1. The number of carbonyl (C=O) groups excluding carboxylic acids is 1. The van der Waals surface area contributed by atoms with Crippen molar-refractivity contribution < 1.29 is 19.0 Å². The molecule has 0 fully saturated rings. The Morgan fingerprint density at radius 2 is 2.12 bits per heavy atom. The van der Waals surface area contributed by atoms with Crippen LogP contribution in [0.2, 0.25) is 0 Å². The third-order valence-corrected chi connectivity index (χ3v) is 3.78. The Labute approximate surface area is 150 Å². The number of nitrogens with one attached hydrogen (secondary N) is 2. The molecule has 0 aliphatic carbocycles. The highest BCUT2D eigenvalue weighted by Crippen LogP contribution is 2.31. The summed E-state index contributed by atoms with van der Waals surface area (Å²) in [5, 5.41) is 6.19. The van der Waals surface area contributed by atoms with E-state index >= 15 is 0 Å². The molecule has 1 amide bonds. The molecule has 1 heterocycles. The van der Waals surface area contributed by atoms with Crippen molar-refractivity contribution in [3.63, 3.8) is 0 Å². The zero-order valence-corrected chi connectivity index (χ0v) is 15.7. The Morgan fingerprint density at radius 3 is 2.84 bits per heavy atom. The largest absolute Gasteiger partial charge is 0.488 e. The van der Waals surface area contributed by atoms with Crippen LogP contribution >= 0.6 is 0 Å². The second kappa shape index (κ2) is 8.94. The van der Waals surface area contributed by atoms with Crippen LogP contribution in [0.15, 0.2) is 18.2 Å². The molecule has 0 radical (unpaired) electrons. The maximum Gasteiger partial charge on any atom is 0.407 e. The Morgan fingerprint density at radius 1 is 1.32 bits per heavy atom. The van der Waals surface area contributed by atoms with E-state index in [1.807, 2.05) is 32.9 Å². The van der Waals surface area contributed by atoms with E-state index in [1.54, 1.807) is 7.11 Å². The first-order valence-corrected chi connectivity index (χ1v) is 8.86. The summed E-state index contributed by atoms with van der Waals surface area (Å²) >= 11 is 0. The number of benzene rings is 1. The van der Waals surface area contributed by atoms with Gasteiger partial charge < -0.3 is 24.8 Å². The van der Waals surface area contributed by atoms with Crippen LogP contribution < -0.4 is 15.4 Å². The molecule has 1 aliphatic heterocycles. The van der Waals surface area contributed by atoms with Gasteiger partial charge in [0.1, 0.15) is 17.5 Å². The summed E-state index contributed by atoms with van der Waals surface area (Å²) in [6.07, 6.45) is 2.44. The molecule has 6 nitrogen and oxygen atoms in total. The minimum Gasteiger partial charge on any atom is -0.488 e. The molecule has 2 rings (SSSR count). The predicted molar refractivity (Wildman–Crippen MR) is 98.4 cm³/mol. The van der Waals surface area contributed by atoms with E-state index in [-0.39, 0.29) is 6.10 Å². The quantitative estimate of drug-likeness (QED) is 0.704. The molecule has 1 atom stereocenters. The first kappa shape index (κ1) is 19.4. The lowest BCUT2D eigenvalue weighted by Crippen LogP contribution is -2.38. The van der Waals surface area contributed by atoms with Crippen molar-refractivity contribution in [2.45, 2.75) is 51.7 Å². The molecule has 25 heavy (non-hydrogen) atoms. The lowest BCUT2D eigenvalue weighted by atomic mass is 10.1. The Balaban J connectivity index is 1.75. The van der Waals surface area contributed by atoms with Crippen molar-refractivity contribution >= 4 is 11.8 Å². The van der Waals surface area contributed by atoms with Gasteiger partial charge in [-0.05, 0) is 57.4 Å². The number of rotatable bonds is 8. The van der Waals surface area contributed by atoms with Crippen molar-refractivity contribution in [2.75, 3.05) is 32.1 Å². The molecule has 0 aromatic heterocycles. The Bertz CT molecular complexity index is 569. The maximum atomic E-state index is 11.7. The zero-order chi connectivity index (χ0) is 18.3. The fraction of sp³-hybridized carbons (Fsp3) is 0.632. The number of amides is 1. The molecule has 140 valence electrons. The second-order valence-corrected chi connectivity index (χ2v) is 7.28. The fourth-order valence-electron chi connectivity index (χ4n) is 2.66. The minimum absolute atomic E-state index is 0.0560. The van der Waals surface area contributed by atoms with Crippen LogP contribution in [0, 0.1) is 0 Å². The first-order chi connectivity index (χ1) is 11.9. The average molecular weight is 350 g/mol. The summed E-state index contributed by atoms with van der Waals surface area (Å²) < 4.78 is 16.2. The van der Waals surface area contributed by atoms with Crippen LogP contribution in [0.25, 0.3) is 0 Å². The van der Waals surface area contributed by atoms with Crippen molar-refractivity contribution in [3.05, 3.63) is 23.8 Å². The number of unbranched alkanes of at least 4 members (excludes halogenated alkanes) is 1. The smallest absolute Gasteiger partial charge is 0.407 e. The van der Waals surface area contributed by atoms with Gasteiger partial charge in [0, 0.05) is 32.4 Å². The van der Waals surface area contributed by atoms with Gasteiger partial charge in [0.15, 0.2) is 0 Å². The summed E-state index contributed by atoms with van der Waals surface area (Å²) in [7, 11) is 1.72. The summed E-state index contributed by atoms with van der Waals surface area (Å²) in [5.74, 6) is 0.890. The van der Waals surface area contributed by atoms with Crippen LogP contribution in [-0.2, 0) is 15.9 Å². The lowest BCUT2D eigenvalue weighted by molar-refractivity contribution is 0.0506. The SMILES string of the molecule is COCCCCNc1ccc2c(c1)CC(CNC(=O)OC(C)(C)C)O2. The van der Waals surface area contributed by atoms with E-state index in [1.165, 1.54) is 0 Å². The minimum atomic E-state index is -0.493. The van der Waals surface area contributed by atoms with Crippen LogP contribution in [0.5, 0.6) is 5.75 Å². The molecule has 1 aromatic rings. The Hall–Kier alpha value is -1.95. The van der Waals surface area contributed by atoms with Crippen molar-refractivity contribution in [1.82, 2.24) is 5.32 Å². The van der Waals surface area contributed by atoms with E-state index < -0.39 is 11.7 Å². The maximum absolute atomic E-state index is 11.7. The molecule has 1 unspecified atom stereocenters. The Kier molecular flexibility index (Phi) is 6.93. The predicted octanol–water partition coefficient (Wildman–Crippen LogP) is 3.35. The number of hydrogen-bond donors (Lipinski definition) is 2. The number of fused-ring (bicyclic) bond motifs is 1. The molecule has 2 N–H and O–H groups in total. The standard InChI is InChI=1S/C19H30N2O4/c1-19(2,3)25-18(22)21-13-16-12-14-11-15(7-8-17(14)24-16)20-9-5-6-10-23-4/h7-8,11,16,20H,5-6,9-10,12-13H2,1-4H3,(H,21,22). The topological polar surface area (TPSA) is 68.8 Å². The van der Waals surface area contributed by atoms with Gasteiger partial charge in [-0.25, -0.2) is 4.79 Å². The van der Waals surface area contributed by atoms with E-state index in [0.717, 1.165) is 49.4 Å². The van der Waals surface area contributed by atoms with E-state index in [0.29, 0.717) is 6.54 Å². The summed E-state index contributed by atoms with van der Waals surface area (Å²) in [6.45, 7) is 7.69. The van der Waals surface area contributed by atoms with Gasteiger partial charge in [0.05, 0.1) is 6.54 Å². The first-order valence-electron chi connectivity index (χ1n) is 8.86. The molecular weight excluding hydrogens is 320 g/mol. The van der Waals surface area contributed by atoms with Gasteiger partial charge >= 0.3 is 6.09 Å². The van der Waals surface area contributed by atoms with Gasteiger partial charge in [0.2, 0.25) is 0 Å². The van der Waals surface area contributed by atoms with Gasteiger partial charge in [-0.2, -0.15) is 0 Å².